The average Bonchev–Trinajstić information content (AvgIpc) is 4.04. The summed E-state index contributed by atoms with van der Waals surface area (Å²) in [5.74, 6) is -3.37. The number of nitrogens with zero attached hydrogens (tertiary/aromatic N) is 3. The maximum Gasteiger partial charge on any atom is 0.320 e. The van der Waals surface area contributed by atoms with Gasteiger partial charge in [-0.2, -0.15) is 0 Å². The fourth-order valence-electron chi connectivity index (χ4n) is 13.3. The number of ether oxygens (including phenoxy) is 10. The van der Waals surface area contributed by atoms with E-state index in [1.165, 1.54) is 18.9 Å². The van der Waals surface area contributed by atoms with Gasteiger partial charge in [0.2, 0.25) is 0 Å². The zero-order valence-electron chi connectivity index (χ0n) is 49.6. The van der Waals surface area contributed by atoms with E-state index in [2.05, 4.69) is 9.88 Å². The van der Waals surface area contributed by atoms with E-state index in [-0.39, 0.29) is 43.3 Å². The number of cyclic esters (lactones) is 1. The Morgan fingerprint density at radius 3 is 2.15 bits per heavy atom. The number of aromatic nitrogens is 1. The fraction of sp³-hybridized carbons (Fsp3) is 0.767. The first kappa shape index (κ1) is 63.0. The Kier molecular flexibility index (Phi) is 21.3. The molecule has 0 amide bonds. The molecule has 0 spiro atoms. The fourth-order valence-corrected chi connectivity index (χ4v) is 14.8. The minimum atomic E-state index is -1.43. The Hall–Kier alpha value is -3.63. The first-order valence-electron chi connectivity index (χ1n) is 28.7. The van der Waals surface area contributed by atoms with Gasteiger partial charge in [0.15, 0.2) is 29.7 Å². The number of thioether (sulfide) groups is 1. The van der Waals surface area contributed by atoms with Crippen molar-refractivity contribution in [1.29, 1.82) is 0 Å². The molecule has 0 radical (unpaired) electrons. The number of rotatable bonds is 18. The predicted molar refractivity (Wildman–Crippen MR) is 300 cm³/mol. The third-order valence-corrected chi connectivity index (χ3v) is 19.4. The van der Waals surface area contributed by atoms with Crippen molar-refractivity contribution in [2.45, 2.75) is 217 Å². The number of hydrogen-bond donors (Lipinski definition) is 2. The summed E-state index contributed by atoms with van der Waals surface area (Å²) in [5, 5.41) is 22.3. The van der Waals surface area contributed by atoms with Gasteiger partial charge in [-0.3, -0.25) is 19.4 Å². The number of aliphatic hydroxyl groups excluding tert-OH is 2. The Morgan fingerprint density at radius 2 is 1.52 bits per heavy atom. The zero-order chi connectivity index (χ0) is 57.7. The molecule has 0 bridgehead atoms. The van der Waals surface area contributed by atoms with Crippen LogP contribution in [-0.4, -0.2) is 175 Å². The summed E-state index contributed by atoms with van der Waals surface area (Å²) >= 11 is 1.44. The van der Waals surface area contributed by atoms with Crippen molar-refractivity contribution in [3.8, 4) is 11.5 Å². The summed E-state index contributed by atoms with van der Waals surface area (Å²) in [6.45, 7) is 19.4. The molecule has 79 heavy (non-hydrogen) atoms. The lowest BCUT2D eigenvalue weighted by Gasteiger charge is -2.50. The van der Waals surface area contributed by atoms with E-state index >= 15 is 9.59 Å². The van der Waals surface area contributed by atoms with Crippen molar-refractivity contribution in [2.24, 2.45) is 29.6 Å². The minimum absolute atomic E-state index is 0.114. The molecule has 1 saturated carbocycles. The highest BCUT2D eigenvalue weighted by Gasteiger charge is 2.62. The number of esters is 2. The summed E-state index contributed by atoms with van der Waals surface area (Å²) in [6.07, 6.45) is 0.814. The lowest BCUT2D eigenvalue weighted by molar-refractivity contribution is -0.319. The highest BCUT2D eigenvalue weighted by molar-refractivity contribution is 8.00. The van der Waals surface area contributed by atoms with Gasteiger partial charge in [0, 0.05) is 93.3 Å². The van der Waals surface area contributed by atoms with Crippen molar-refractivity contribution in [3.63, 3.8) is 0 Å². The van der Waals surface area contributed by atoms with E-state index in [0.717, 1.165) is 36.9 Å². The van der Waals surface area contributed by atoms with E-state index < -0.39 is 113 Å². The van der Waals surface area contributed by atoms with Gasteiger partial charge >= 0.3 is 11.9 Å². The second kappa shape index (κ2) is 26.7. The molecular weight excluding hydrogens is 1030 g/mol. The second-order valence-corrected chi connectivity index (χ2v) is 25.3. The summed E-state index contributed by atoms with van der Waals surface area (Å²) in [7, 11) is 8.53. The largest absolute Gasteiger partial charge is 0.493 e. The predicted octanol–water partition coefficient (Wildman–Crippen LogP) is 7.79. The SMILES string of the molecule is CC[C@H]1OC(=O)[C@H](C)[C@@H](O[C@H]2C[C@@](C)(OC)[C@@H](O)[C@H](C)O2)[C@H](C)[C@@H](O[C@@H]2O[C@H](C)C[C@H](N(C)C)[C@H]2O)[C@](C)(OC)C[C@@H](C)C(=O)[C@H](C)[C@H]2[C@H](SCCN(Cc3ccncc3)c3ccc(OC)c(OC4CCCC4)c3)C(=O)O[C@@]21C. The van der Waals surface area contributed by atoms with Gasteiger partial charge in [0.25, 0.3) is 0 Å². The van der Waals surface area contributed by atoms with Crippen molar-refractivity contribution in [3.05, 3.63) is 48.3 Å². The number of fused-ring (bicyclic) bond motifs is 1. The Morgan fingerprint density at radius 1 is 0.835 bits per heavy atom. The Balaban J connectivity index is 1.25. The first-order valence-corrected chi connectivity index (χ1v) is 29.8. The van der Waals surface area contributed by atoms with Crippen LogP contribution < -0.4 is 14.4 Å². The number of ketones is 1. The van der Waals surface area contributed by atoms with Gasteiger partial charge in [-0.1, -0.05) is 27.7 Å². The van der Waals surface area contributed by atoms with Crippen LogP contribution in [0.4, 0.5) is 5.69 Å². The van der Waals surface area contributed by atoms with Crippen LogP contribution in [0.1, 0.15) is 126 Å². The summed E-state index contributed by atoms with van der Waals surface area (Å²) in [4.78, 5) is 53.8. The van der Waals surface area contributed by atoms with Gasteiger partial charge < -0.3 is 67.4 Å². The van der Waals surface area contributed by atoms with Crippen LogP contribution in [0.25, 0.3) is 0 Å². The summed E-state index contributed by atoms with van der Waals surface area (Å²) < 4.78 is 64.7. The number of likely N-dealkylation sites (N-methyl/N-ethyl adjacent to an activating group) is 1. The maximum atomic E-state index is 15.5. The maximum absolute atomic E-state index is 15.5. The topological polar surface area (TPSA) is 203 Å². The number of carbonyl (C=O) groups is 3. The third kappa shape index (κ3) is 13.9. The molecule has 5 fully saturated rings. The molecule has 19 atom stereocenters. The monoisotopic (exact) mass is 1130 g/mol. The van der Waals surface area contributed by atoms with Gasteiger partial charge in [-0.15, -0.1) is 11.8 Å². The van der Waals surface area contributed by atoms with Gasteiger partial charge in [-0.05, 0) is 130 Å². The molecule has 0 unspecified atom stereocenters. The van der Waals surface area contributed by atoms with Crippen LogP contribution in [0, 0.1) is 29.6 Å². The standard InChI is InChI=1S/C60H93N3O15S/c1-16-46-60(10)48(52(56(68)78-60)79-28-27-63(33-40-23-25-61-26-24-40)41-21-22-44(69-13)45(30-41)74-42-19-17-18-20-42)36(4)49(64)34(2)31-59(9,71-15)54(77-57-50(65)43(62(11)12)29-35(3)72-57)37(5)51(38(6)55(67)75-46)76-47-32-58(8,70-14)53(66)39(7)73-47/h21-26,30,34-39,42-43,46-48,50-54,57,65-66H,16-20,27-29,31-33H2,1-15H3/t34-,35-,36-,37+,38-,39+,43+,46-,47+,48+,50-,51+,52+,53+,54-,57+,58-,59-,60-/m1/s1. The Labute approximate surface area is 473 Å². The molecule has 1 aliphatic carbocycles. The van der Waals surface area contributed by atoms with E-state index in [1.54, 1.807) is 54.3 Å². The van der Waals surface area contributed by atoms with E-state index in [4.69, 9.17) is 47.4 Å². The van der Waals surface area contributed by atoms with Gasteiger partial charge in [-0.25, -0.2) is 0 Å². The minimum Gasteiger partial charge on any atom is -0.493 e. The third-order valence-electron chi connectivity index (χ3n) is 18.2. The number of hydrogen-bond acceptors (Lipinski definition) is 19. The summed E-state index contributed by atoms with van der Waals surface area (Å²) in [5.41, 5.74) is -1.81. The van der Waals surface area contributed by atoms with E-state index in [0.29, 0.717) is 36.8 Å². The van der Waals surface area contributed by atoms with Crippen molar-refractivity contribution >= 4 is 35.2 Å². The normalized spacial score (nSPS) is 38.9. The molecule has 4 saturated heterocycles. The van der Waals surface area contributed by atoms with Crippen LogP contribution >= 0.6 is 11.8 Å². The van der Waals surface area contributed by atoms with Crippen molar-refractivity contribution in [1.82, 2.24) is 9.88 Å². The van der Waals surface area contributed by atoms with Crippen LogP contribution in [-0.2, 0) is 58.8 Å². The number of carbonyl (C=O) groups excluding carboxylic acids is 3. The molecular formula is C60H93N3O15S. The molecule has 7 rings (SSSR count). The van der Waals surface area contributed by atoms with Gasteiger partial charge in [0.1, 0.15) is 29.3 Å². The smallest absolute Gasteiger partial charge is 0.320 e. The highest BCUT2D eigenvalue weighted by atomic mass is 32.2. The molecule has 5 aliphatic rings. The summed E-state index contributed by atoms with van der Waals surface area (Å²) in [6, 6.07) is 9.63. The van der Waals surface area contributed by atoms with Gasteiger partial charge in [0.05, 0.1) is 54.7 Å². The van der Waals surface area contributed by atoms with Crippen molar-refractivity contribution in [2.75, 3.05) is 52.6 Å². The highest BCUT2D eigenvalue weighted by Crippen LogP contribution is 2.50. The number of aliphatic hydroxyl groups is 2. The molecule has 18 nitrogen and oxygen atoms in total. The van der Waals surface area contributed by atoms with Crippen LogP contribution in [0.5, 0.6) is 11.5 Å². The first-order chi connectivity index (χ1) is 37.4. The lowest BCUT2D eigenvalue weighted by Crippen LogP contribution is -2.61. The van der Waals surface area contributed by atoms with E-state index in [9.17, 15) is 15.0 Å². The molecule has 1 aromatic heterocycles. The number of pyridine rings is 1. The van der Waals surface area contributed by atoms with Crippen LogP contribution in [0.3, 0.4) is 0 Å². The Bertz CT molecular complexity index is 2330. The molecule has 2 N–H and O–H groups in total. The number of anilines is 1. The van der Waals surface area contributed by atoms with E-state index in [1.807, 2.05) is 90.9 Å². The number of methoxy groups -OCH3 is 3. The molecule has 19 heteroatoms. The molecule has 2 aromatic rings. The average molecular weight is 1130 g/mol. The molecule has 5 heterocycles. The second-order valence-electron chi connectivity index (χ2n) is 24.0. The van der Waals surface area contributed by atoms with Crippen molar-refractivity contribution < 1.29 is 72.0 Å². The molecule has 1 aromatic carbocycles. The zero-order valence-corrected chi connectivity index (χ0v) is 50.4. The van der Waals surface area contributed by atoms with Crippen LogP contribution in [0.15, 0.2) is 42.7 Å². The number of Topliss-reactive ketones (excluding diaryl/α,β-unsaturated/α-hetero) is 1. The molecule has 4 aliphatic heterocycles. The quantitative estimate of drug-likeness (QED) is 0.137. The number of benzene rings is 1. The lowest BCUT2D eigenvalue weighted by atomic mass is 9.70. The van der Waals surface area contributed by atoms with Crippen LogP contribution in [0.2, 0.25) is 0 Å². The molecule has 444 valence electrons.